The van der Waals surface area contributed by atoms with Gasteiger partial charge in [0.2, 0.25) is 0 Å². The molecule has 19 heavy (non-hydrogen) atoms. The van der Waals surface area contributed by atoms with Crippen molar-refractivity contribution in [3.63, 3.8) is 0 Å². The molecule has 0 atom stereocenters. The number of benzene rings is 1. The molecule has 0 saturated carbocycles. The minimum atomic E-state index is -0.0235. The van der Waals surface area contributed by atoms with Crippen LogP contribution in [0, 0.1) is 0 Å². The van der Waals surface area contributed by atoms with Gasteiger partial charge < -0.3 is 4.74 Å². The number of pyridine rings is 1. The summed E-state index contributed by atoms with van der Waals surface area (Å²) >= 11 is 0. The molecule has 1 heterocycles. The lowest BCUT2D eigenvalue weighted by atomic mass is 10.0. The molecule has 0 N–H and O–H groups in total. The van der Waals surface area contributed by atoms with E-state index in [4.69, 9.17) is 4.74 Å². The van der Waals surface area contributed by atoms with E-state index in [1.807, 2.05) is 48.5 Å². The Balaban J connectivity index is 2.51. The Kier molecular flexibility index (Phi) is 4.08. The van der Waals surface area contributed by atoms with Gasteiger partial charge in [0, 0.05) is 17.3 Å². The van der Waals surface area contributed by atoms with Crippen LogP contribution in [0.5, 0.6) is 5.75 Å². The molecule has 2 rings (SSSR count). The Bertz CT molecular complexity index is 603. The molecule has 0 unspecified atom stereocenters. The molecule has 1 aromatic carbocycles. The number of ether oxygens (including phenoxy) is 1. The van der Waals surface area contributed by atoms with E-state index in [0.717, 1.165) is 11.3 Å². The van der Waals surface area contributed by atoms with Crippen LogP contribution in [-0.4, -0.2) is 17.9 Å². The number of hydrogen-bond donors (Lipinski definition) is 0. The molecule has 0 aliphatic rings. The first-order valence-corrected chi connectivity index (χ1v) is 5.99. The van der Waals surface area contributed by atoms with Gasteiger partial charge in [-0.05, 0) is 31.2 Å². The molecule has 1 aromatic heterocycles. The second-order valence-corrected chi connectivity index (χ2v) is 4.07. The summed E-state index contributed by atoms with van der Waals surface area (Å²) in [6, 6.07) is 13.1. The molecule has 0 fully saturated rings. The van der Waals surface area contributed by atoms with Gasteiger partial charge in [0.05, 0.1) is 12.8 Å². The largest absolute Gasteiger partial charge is 0.496 e. The Morgan fingerprint density at radius 1 is 1.16 bits per heavy atom. The standard InChI is InChI=1S/C16H15NO2/c1-12(18)14(15-8-5-6-10-17-15)11-13-7-3-4-9-16(13)19-2/h3-11H,1-2H3. The first kappa shape index (κ1) is 13.0. The fourth-order valence-corrected chi connectivity index (χ4v) is 1.82. The normalized spacial score (nSPS) is 11.2. The number of allylic oxidation sites excluding steroid dienone is 1. The number of ketones is 1. The molecular formula is C16H15NO2. The SMILES string of the molecule is COc1ccccc1C=C(C(C)=O)c1ccccn1. The Hall–Kier alpha value is -2.42. The zero-order valence-electron chi connectivity index (χ0n) is 11.0. The van der Waals surface area contributed by atoms with Crippen molar-refractivity contribution in [1.82, 2.24) is 4.98 Å². The highest BCUT2D eigenvalue weighted by molar-refractivity contribution is 6.23. The number of para-hydroxylation sites is 1. The van der Waals surface area contributed by atoms with E-state index in [-0.39, 0.29) is 5.78 Å². The first-order valence-electron chi connectivity index (χ1n) is 5.99. The van der Waals surface area contributed by atoms with Gasteiger partial charge >= 0.3 is 0 Å². The van der Waals surface area contributed by atoms with Crippen LogP contribution in [0.4, 0.5) is 0 Å². The molecular weight excluding hydrogens is 238 g/mol. The maximum absolute atomic E-state index is 11.8. The van der Waals surface area contributed by atoms with Gasteiger partial charge in [-0.1, -0.05) is 24.3 Å². The number of Topliss-reactive ketones (excluding diaryl/α,β-unsaturated/α-hetero) is 1. The van der Waals surface area contributed by atoms with E-state index >= 15 is 0 Å². The molecule has 0 amide bonds. The van der Waals surface area contributed by atoms with Crippen LogP contribution in [0.25, 0.3) is 11.6 Å². The van der Waals surface area contributed by atoms with Crippen molar-refractivity contribution in [3.8, 4) is 5.75 Å². The number of hydrogen-bond acceptors (Lipinski definition) is 3. The fraction of sp³-hybridized carbons (Fsp3) is 0.125. The predicted octanol–water partition coefficient (Wildman–Crippen LogP) is 3.22. The number of nitrogens with zero attached hydrogens (tertiary/aromatic N) is 1. The van der Waals surface area contributed by atoms with E-state index in [1.165, 1.54) is 6.92 Å². The van der Waals surface area contributed by atoms with Crippen LogP contribution >= 0.6 is 0 Å². The van der Waals surface area contributed by atoms with Crippen molar-refractivity contribution in [2.45, 2.75) is 6.92 Å². The summed E-state index contributed by atoms with van der Waals surface area (Å²) in [5.74, 6) is 0.710. The average Bonchev–Trinajstić information content (AvgIpc) is 2.45. The van der Waals surface area contributed by atoms with Gasteiger partial charge in [-0.3, -0.25) is 9.78 Å². The third-order valence-corrected chi connectivity index (χ3v) is 2.76. The summed E-state index contributed by atoms with van der Waals surface area (Å²) in [6.45, 7) is 1.54. The van der Waals surface area contributed by atoms with E-state index in [9.17, 15) is 4.79 Å². The minimum absolute atomic E-state index is 0.0235. The van der Waals surface area contributed by atoms with Crippen molar-refractivity contribution in [1.29, 1.82) is 0 Å². The zero-order chi connectivity index (χ0) is 13.7. The van der Waals surface area contributed by atoms with Crippen molar-refractivity contribution in [2.24, 2.45) is 0 Å². The van der Waals surface area contributed by atoms with Crippen LogP contribution in [-0.2, 0) is 4.79 Å². The topological polar surface area (TPSA) is 39.2 Å². The summed E-state index contributed by atoms with van der Waals surface area (Å²) in [5.41, 5.74) is 2.10. The van der Waals surface area contributed by atoms with Gasteiger partial charge in [-0.2, -0.15) is 0 Å². The van der Waals surface area contributed by atoms with Gasteiger partial charge in [0.15, 0.2) is 5.78 Å². The molecule has 0 saturated heterocycles. The van der Waals surface area contributed by atoms with E-state index < -0.39 is 0 Å². The molecule has 2 aromatic rings. The van der Waals surface area contributed by atoms with Crippen molar-refractivity contribution in [2.75, 3.05) is 7.11 Å². The average molecular weight is 253 g/mol. The van der Waals surface area contributed by atoms with Gasteiger partial charge in [-0.15, -0.1) is 0 Å². The minimum Gasteiger partial charge on any atom is -0.496 e. The zero-order valence-corrected chi connectivity index (χ0v) is 11.0. The third-order valence-electron chi connectivity index (χ3n) is 2.76. The smallest absolute Gasteiger partial charge is 0.161 e. The summed E-state index contributed by atoms with van der Waals surface area (Å²) in [5, 5.41) is 0. The summed E-state index contributed by atoms with van der Waals surface area (Å²) in [6.07, 6.45) is 3.48. The highest BCUT2D eigenvalue weighted by Crippen LogP contribution is 2.24. The monoisotopic (exact) mass is 253 g/mol. The van der Waals surface area contributed by atoms with Crippen LogP contribution in [0.2, 0.25) is 0 Å². The van der Waals surface area contributed by atoms with Crippen molar-refractivity contribution in [3.05, 3.63) is 59.9 Å². The van der Waals surface area contributed by atoms with Crippen LogP contribution < -0.4 is 4.74 Å². The lowest BCUT2D eigenvalue weighted by molar-refractivity contribution is -0.111. The van der Waals surface area contributed by atoms with Gasteiger partial charge in [-0.25, -0.2) is 0 Å². The molecule has 3 nitrogen and oxygen atoms in total. The highest BCUT2D eigenvalue weighted by atomic mass is 16.5. The highest BCUT2D eigenvalue weighted by Gasteiger charge is 2.09. The number of methoxy groups -OCH3 is 1. The quantitative estimate of drug-likeness (QED) is 0.785. The molecule has 0 aliphatic heterocycles. The maximum atomic E-state index is 11.8. The van der Waals surface area contributed by atoms with Crippen molar-refractivity contribution >= 4 is 17.4 Å². The second-order valence-electron chi connectivity index (χ2n) is 4.07. The third kappa shape index (κ3) is 3.07. The number of carbonyl (C=O) groups excluding carboxylic acids is 1. The molecule has 3 heteroatoms. The van der Waals surface area contributed by atoms with Gasteiger partial charge in [0.1, 0.15) is 5.75 Å². The second kappa shape index (κ2) is 5.96. The molecule has 0 radical (unpaired) electrons. The Labute approximate surface area is 112 Å². The summed E-state index contributed by atoms with van der Waals surface area (Å²) < 4.78 is 5.29. The predicted molar refractivity (Wildman–Crippen MR) is 75.8 cm³/mol. The molecule has 0 aliphatic carbocycles. The lowest BCUT2D eigenvalue weighted by Crippen LogP contribution is -1.98. The summed E-state index contributed by atoms with van der Waals surface area (Å²) in [4.78, 5) is 16.0. The lowest BCUT2D eigenvalue weighted by Gasteiger charge is -2.07. The Morgan fingerprint density at radius 2 is 1.89 bits per heavy atom. The van der Waals surface area contributed by atoms with E-state index in [2.05, 4.69) is 4.98 Å². The molecule has 0 spiro atoms. The van der Waals surface area contributed by atoms with Crippen LogP contribution in [0.1, 0.15) is 18.2 Å². The van der Waals surface area contributed by atoms with E-state index in [1.54, 1.807) is 13.3 Å². The number of aromatic nitrogens is 1. The van der Waals surface area contributed by atoms with Crippen molar-refractivity contribution < 1.29 is 9.53 Å². The Morgan fingerprint density at radius 3 is 2.53 bits per heavy atom. The van der Waals surface area contributed by atoms with Crippen LogP contribution in [0.15, 0.2) is 48.7 Å². The maximum Gasteiger partial charge on any atom is 0.161 e. The molecule has 96 valence electrons. The summed E-state index contributed by atoms with van der Waals surface area (Å²) in [7, 11) is 1.61. The number of rotatable bonds is 4. The first-order chi connectivity index (χ1) is 9.22. The van der Waals surface area contributed by atoms with Gasteiger partial charge in [0.25, 0.3) is 0 Å². The molecule has 0 bridgehead atoms. The van der Waals surface area contributed by atoms with E-state index in [0.29, 0.717) is 11.3 Å². The fourth-order valence-electron chi connectivity index (χ4n) is 1.82. The number of carbonyl (C=O) groups is 1. The van der Waals surface area contributed by atoms with Crippen LogP contribution in [0.3, 0.4) is 0 Å².